The molecule has 0 unspecified atom stereocenters. The molecule has 132 valence electrons. The van der Waals surface area contributed by atoms with Crippen LogP contribution in [-0.4, -0.2) is 47.4 Å². The number of hydrogen-bond acceptors (Lipinski definition) is 3. The van der Waals surface area contributed by atoms with Crippen molar-refractivity contribution in [3.8, 4) is 0 Å². The van der Waals surface area contributed by atoms with Gasteiger partial charge >= 0.3 is 0 Å². The molecule has 0 saturated carbocycles. The summed E-state index contributed by atoms with van der Waals surface area (Å²) in [6, 6.07) is 10.3. The first-order valence-corrected chi connectivity index (χ1v) is 9.02. The Morgan fingerprint density at radius 3 is 2.72 bits per heavy atom. The maximum Gasteiger partial charge on any atom is 0.254 e. The molecule has 0 bridgehead atoms. The molecule has 0 aliphatic carbocycles. The number of rotatable bonds is 7. The second kappa shape index (κ2) is 7.79. The number of pyridine rings is 1. The Kier molecular flexibility index (Phi) is 5.49. The molecule has 4 nitrogen and oxygen atoms in total. The average molecular weight is 337 g/mol. The van der Waals surface area contributed by atoms with E-state index in [2.05, 4.69) is 42.9 Å². The zero-order valence-electron chi connectivity index (χ0n) is 15.5. The number of aromatic nitrogens is 1. The molecular formula is C21H27N3O. The lowest BCUT2D eigenvalue weighted by Crippen LogP contribution is -2.29. The molecule has 0 spiro atoms. The molecule has 25 heavy (non-hydrogen) atoms. The molecule has 2 heterocycles. The van der Waals surface area contributed by atoms with E-state index in [1.807, 2.05) is 29.3 Å². The van der Waals surface area contributed by atoms with Crippen molar-refractivity contribution in [1.29, 1.82) is 0 Å². The summed E-state index contributed by atoms with van der Waals surface area (Å²) in [5.41, 5.74) is 5.67. The normalized spacial score (nSPS) is 13.6. The van der Waals surface area contributed by atoms with Crippen LogP contribution in [0.4, 0.5) is 0 Å². The number of carbonyl (C=O) groups excluding carboxylic acids is 1. The molecule has 2 aromatic rings. The second-order valence-corrected chi connectivity index (χ2v) is 7.05. The Hall–Kier alpha value is -2.20. The van der Waals surface area contributed by atoms with Gasteiger partial charge in [0.1, 0.15) is 0 Å². The number of hydrogen-bond donors (Lipinski definition) is 0. The summed E-state index contributed by atoms with van der Waals surface area (Å²) < 4.78 is 0. The van der Waals surface area contributed by atoms with E-state index in [-0.39, 0.29) is 5.91 Å². The third-order valence-electron chi connectivity index (χ3n) is 5.04. The fourth-order valence-electron chi connectivity index (χ4n) is 3.33. The van der Waals surface area contributed by atoms with E-state index in [0.29, 0.717) is 0 Å². The molecular weight excluding hydrogens is 310 g/mol. The van der Waals surface area contributed by atoms with Crippen LogP contribution in [0.1, 0.15) is 39.2 Å². The van der Waals surface area contributed by atoms with Crippen molar-refractivity contribution in [2.45, 2.75) is 33.2 Å². The molecule has 1 aliphatic rings. The Morgan fingerprint density at radius 1 is 1.16 bits per heavy atom. The van der Waals surface area contributed by atoms with Crippen molar-refractivity contribution in [2.75, 3.05) is 26.7 Å². The topological polar surface area (TPSA) is 36.4 Å². The monoisotopic (exact) mass is 337 g/mol. The molecule has 0 N–H and O–H groups in total. The van der Waals surface area contributed by atoms with E-state index >= 15 is 0 Å². The summed E-state index contributed by atoms with van der Waals surface area (Å²) in [5, 5.41) is 0. The Balaban J connectivity index is 1.44. The highest BCUT2D eigenvalue weighted by atomic mass is 16.2. The molecule has 4 heteroatoms. The van der Waals surface area contributed by atoms with Gasteiger partial charge < -0.3 is 9.80 Å². The average Bonchev–Trinajstić information content (AvgIpc) is 2.90. The molecule has 0 fully saturated rings. The van der Waals surface area contributed by atoms with Crippen LogP contribution < -0.4 is 0 Å². The Bertz CT molecular complexity index is 742. The molecule has 1 aliphatic heterocycles. The smallest absolute Gasteiger partial charge is 0.254 e. The Labute approximate surface area is 150 Å². The van der Waals surface area contributed by atoms with Gasteiger partial charge in [-0.15, -0.1) is 0 Å². The number of amides is 1. The first kappa shape index (κ1) is 17.6. The van der Waals surface area contributed by atoms with E-state index in [9.17, 15) is 4.79 Å². The lowest BCUT2D eigenvalue weighted by molar-refractivity contribution is 0.0772. The summed E-state index contributed by atoms with van der Waals surface area (Å²) in [6.07, 6.45) is 3.80. The second-order valence-electron chi connectivity index (χ2n) is 7.05. The number of aryl methyl sites for hydroxylation is 2. The van der Waals surface area contributed by atoms with Crippen molar-refractivity contribution < 1.29 is 4.79 Å². The minimum absolute atomic E-state index is 0.189. The van der Waals surface area contributed by atoms with Gasteiger partial charge in [-0.1, -0.05) is 12.1 Å². The zero-order valence-corrected chi connectivity index (χ0v) is 15.5. The highest BCUT2D eigenvalue weighted by Gasteiger charge is 2.27. The number of benzene rings is 1. The van der Waals surface area contributed by atoms with Gasteiger partial charge in [0.15, 0.2) is 0 Å². The highest BCUT2D eigenvalue weighted by Crippen LogP contribution is 2.25. The largest absolute Gasteiger partial charge is 0.334 e. The lowest BCUT2D eigenvalue weighted by Gasteiger charge is -2.20. The van der Waals surface area contributed by atoms with Gasteiger partial charge in [0.25, 0.3) is 5.91 Å². The van der Waals surface area contributed by atoms with E-state index in [1.54, 1.807) is 0 Å². The summed E-state index contributed by atoms with van der Waals surface area (Å²) in [7, 11) is 2.14. The zero-order chi connectivity index (χ0) is 17.8. The van der Waals surface area contributed by atoms with Crippen LogP contribution in [0.3, 0.4) is 0 Å². The first-order chi connectivity index (χ1) is 12.0. The third-order valence-corrected chi connectivity index (χ3v) is 5.04. The van der Waals surface area contributed by atoms with Crippen LogP contribution in [0.15, 0.2) is 36.5 Å². The van der Waals surface area contributed by atoms with E-state index in [1.165, 1.54) is 16.7 Å². The summed E-state index contributed by atoms with van der Waals surface area (Å²) in [4.78, 5) is 21.2. The molecule has 1 aromatic heterocycles. The number of fused-ring (bicyclic) bond motifs is 1. The predicted octanol–water partition coefficient (Wildman–Crippen LogP) is 3.22. The molecule has 1 amide bonds. The first-order valence-electron chi connectivity index (χ1n) is 9.02. The van der Waals surface area contributed by atoms with Gasteiger partial charge in [0.05, 0.1) is 0 Å². The maximum atomic E-state index is 12.6. The standard InChI is InChI=1S/C21H27N3O/c1-16-13-18-15-24(21(25)20(18)14-17(16)2)11-6-10-23(3)12-8-19-7-4-5-9-22-19/h4-5,7,9,13-14H,6,8,10-12,15H2,1-3H3. The van der Waals surface area contributed by atoms with Gasteiger partial charge in [-0.25, -0.2) is 0 Å². The summed E-state index contributed by atoms with van der Waals surface area (Å²) in [5.74, 6) is 0.189. The van der Waals surface area contributed by atoms with Crippen molar-refractivity contribution in [1.82, 2.24) is 14.8 Å². The maximum absolute atomic E-state index is 12.6. The van der Waals surface area contributed by atoms with Gasteiger partial charge in [-0.3, -0.25) is 9.78 Å². The number of nitrogens with zero attached hydrogens (tertiary/aromatic N) is 3. The van der Waals surface area contributed by atoms with Crippen LogP contribution >= 0.6 is 0 Å². The SMILES string of the molecule is Cc1cc2c(cc1C)C(=O)N(CCCN(C)CCc1ccccn1)C2. The fourth-order valence-corrected chi connectivity index (χ4v) is 3.33. The van der Waals surface area contributed by atoms with E-state index < -0.39 is 0 Å². The summed E-state index contributed by atoms with van der Waals surface area (Å²) >= 11 is 0. The lowest BCUT2D eigenvalue weighted by atomic mass is 10.0. The quantitative estimate of drug-likeness (QED) is 0.778. The van der Waals surface area contributed by atoms with Crippen molar-refractivity contribution in [2.24, 2.45) is 0 Å². The molecule has 1 aromatic carbocycles. The fraction of sp³-hybridized carbons (Fsp3) is 0.429. The molecule has 0 radical (unpaired) electrons. The van der Waals surface area contributed by atoms with Crippen molar-refractivity contribution in [3.05, 3.63) is 64.5 Å². The minimum Gasteiger partial charge on any atom is -0.334 e. The van der Waals surface area contributed by atoms with Crippen LogP contribution in [-0.2, 0) is 13.0 Å². The van der Waals surface area contributed by atoms with Crippen LogP contribution in [0, 0.1) is 13.8 Å². The van der Waals surface area contributed by atoms with Gasteiger partial charge in [-0.2, -0.15) is 0 Å². The van der Waals surface area contributed by atoms with Crippen molar-refractivity contribution >= 4 is 5.91 Å². The van der Waals surface area contributed by atoms with E-state index in [4.69, 9.17) is 0 Å². The number of likely N-dealkylation sites (N-methyl/N-ethyl adjacent to an activating group) is 1. The molecule has 0 atom stereocenters. The van der Waals surface area contributed by atoms with Crippen LogP contribution in [0.25, 0.3) is 0 Å². The highest BCUT2D eigenvalue weighted by molar-refractivity contribution is 5.98. The minimum atomic E-state index is 0.189. The van der Waals surface area contributed by atoms with Gasteiger partial charge in [-0.05, 0) is 68.8 Å². The van der Waals surface area contributed by atoms with Crippen LogP contribution in [0.2, 0.25) is 0 Å². The summed E-state index contributed by atoms with van der Waals surface area (Å²) in [6.45, 7) is 7.74. The van der Waals surface area contributed by atoms with E-state index in [0.717, 1.165) is 50.3 Å². The van der Waals surface area contributed by atoms with Crippen molar-refractivity contribution in [3.63, 3.8) is 0 Å². The predicted molar refractivity (Wildman–Crippen MR) is 101 cm³/mol. The molecule has 0 saturated heterocycles. The molecule has 3 rings (SSSR count). The van der Waals surface area contributed by atoms with Gasteiger partial charge in [0.2, 0.25) is 0 Å². The van der Waals surface area contributed by atoms with Gasteiger partial charge in [0, 0.05) is 43.5 Å². The Morgan fingerprint density at radius 2 is 1.96 bits per heavy atom. The van der Waals surface area contributed by atoms with Crippen LogP contribution in [0.5, 0.6) is 0 Å². The number of carbonyl (C=O) groups is 1. The third kappa shape index (κ3) is 4.26.